The van der Waals surface area contributed by atoms with Crippen LogP contribution in [0.3, 0.4) is 0 Å². The summed E-state index contributed by atoms with van der Waals surface area (Å²) in [4.78, 5) is 15.2. The Bertz CT molecular complexity index is 1280. The number of rotatable bonds is 8. The highest BCUT2D eigenvalue weighted by Crippen LogP contribution is 2.30. The van der Waals surface area contributed by atoms with Gasteiger partial charge in [0.25, 0.3) is 5.91 Å². The molecule has 4 nitrogen and oxygen atoms in total. The van der Waals surface area contributed by atoms with Crippen molar-refractivity contribution in [2.75, 3.05) is 7.11 Å². The van der Waals surface area contributed by atoms with E-state index in [0.717, 1.165) is 23.4 Å². The van der Waals surface area contributed by atoms with E-state index in [1.807, 2.05) is 53.2 Å². The molecule has 0 N–H and O–H groups in total. The van der Waals surface area contributed by atoms with E-state index in [4.69, 9.17) is 4.74 Å². The summed E-state index contributed by atoms with van der Waals surface area (Å²) in [5.74, 6) is 0.419. The minimum absolute atomic E-state index is 0.167. The van der Waals surface area contributed by atoms with Gasteiger partial charge < -0.3 is 14.2 Å². The zero-order valence-electron chi connectivity index (χ0n) is 19.2. The highest BCUT2D eigenvalue weighted by atomic mass is 19.4. The van der Waals surface area contributed by atoms with E-state index < -0.39 is 11.7 Å². The summed E-state index contributed by atoms with van der Waals surface area (Å²) in [6, 6.07) is 25.6. The molecule has 3 aromatic carbocycles. The van der Waals surface area contributed by atoms with Crippen molar-refractivity contribution in [1.82, 2.24) is 9.47 Å². The fourth-order valence-electron chi connectivity index (χ4n) is 3.93. The molecule has 0 fully saturated rings. The van der Waals surface area contributed by atoms with E-state index in [-0.39, 0.29) is 19.0 Å². The summed E-state index contributed by atoms with van der Waals surface area (Å²) in [5, 5.41) is 0. The van der Waals surface area contributed by atoms with Crippen LogP contribution in [0, 0.1) is 0 Å². The van der Waals surface area contributed by atoms with Gasteiger partial charge in [-0.15, -0.1) is 0 Å². The van der Waals surface area contributed by atoms with Crippen LogP contribution in [0.4, 0.5) is 13.2 Å². The predicted octanol–water partition coefficient (Wildman–Crippen LogP) is 6.41. The Balaban J connectivity index is 1.60. The maximum Gasteiger partial charge on any atom is 0.416 e. The van der Waals surface area contributed by atoms with E-state index in [1.165, 1.54) is 6.07 Å². The van der Waals surface area contributed by atoms with E-state index in [1.54, 1.807) is 42.3 Å². The molecule has 180 valence electrons. The lowest BCUT2D eigenvalue weighted by atomic mass is 10.1. The van der Waals surface area contributed by atoms with E-state index in [2.05, 4.69) is 0 Å². The summed E-state index contributed by atoms with van der Waals surface area (Å²) in [6.07, 6.45) is -2.59. The number of hydrogen-bond acceptors (Lipinski definition) is 2. The van der Waals surface area contributed by atoms with Gasteiger partial charge >= 0.3 is 6.18 Å². The Morgan fingerprint density at radius 3 is 2.34 bits per heavy atom. The molecule has 1 heterocycles. The summed E-state index contributed by atoms with van der Waals surface area (Å²) in [7, 11) is 1.55. The third-order valence-electron chi connectivity index (χ3n) is 5.70. The Labute approximate surface area is 202 Å². The van der Waals surface area contributed by atoms with Crippen molar-refractivity contribution in [1.29, 1.82) is 0 Å². The summed E-state index contributed by atoms with van der Waals surface area (Å²) in [5.41, 5.74) is 2.14. The second kappa shape index (κ2) is 10.5. The number of amides is 1. The third-order valence-corrected chi connectivity index (χ3v) is 5.70. The van der Waals surface area contributed by atoms with Crippen molar-refractivity contribution in [2.24, 2.45) is 0 Å². The summed E-state index contributed by atoms with van der Waals surface area (Å²) < 4.78 is 46.6. The zero-order chi connectivity index (χ0) is 24.8. The van der Waals surface area contributed by atoms with Gasteiger partial charge in [0, 0.05) is 30.5 Å². The summed E-state index contributed by atoms with van der Waals surface area (Å²) in [6.45, 7) is 0.932. The molecule has 4 rings (SSSR count). The van der Waals surface area contributed by atoms with Gasteiger partial charge in [-0.2, -0.15) is 13.2 Å². The molecular weight excluding hydrogens is 453 g/mol. The number of methoxy groups -OCH3 is 1. The zero-order valence-corrected chi connectivity index (χ0v) is 19.2. The Morgan fingerprint density at radius 2 is 1.60 bits per heavy atom. The highest BCUT2D eigenvalue weighted by Gasteiger charge is 2.30. The first-order valence-corrected chi connectivity index (χ1v) is 11.1. The van der Waals surface area contributed by atoms with Gasteiger partial charge in [0.15, 0.2) is 0 Å². The van der Waals surface area contributed by atoms with E-state index >= 15 is 0 Å². The molecule has 4 aromatic rings. The van der Waals surface area contributed by atoms with Crippen molar-refractivity contribution in [3.05, 3.63) is 125 Å². The van der Waals surface area contributed by atoms with Crippen LogP contribution in [0.2, 0.25) is 0 Å². The lowest BCUT2D eigenvalue weighted by Gasteiger charge is -2.24. The minimum Gasteiger partial charge on any atom is -0.497 e. The second-order valence-electron chi connectivity index (χ2n) is 8.20. The van der Waals surface area contributed by atoms with E-state index in [0.29, 0.717) is 23.4 Å². The maximum atomic E-state index is 13.5. The Hall–Kier alpha value is -4.00. The number of carbonyl (C=O) groups excluding carboxylic acids is 1. The smallest absolute Gasteiger partial charge is 0.416 e. The number of alkyl halides is 3. The number of carbonyl (C=O) groups is 1. The SMILES string of the molecule is COc1cccc(C(=O)N(Cc2ccccc2)Cc2cccn2Cc2cccc(C(F)(F)F)c2)c1. The largest absolute Gasteiger partial charge is 0.497 e. The molecular formula is C28H25F3N2O2. The first-order chi connectivity index (χ1) is 16.8. The van der Waals surface area contributed by atoms with Gasteiger partial charge in [-0.1, -0.05) is 48.5 Å². The van der Waals surface area contributed by atoms with Gasteiger partial charge in [-0.25, -0.2) is 0 Å². The van der Waals surface area contributed by atoms with Crippen LogP contribution in [-0.2, 0) is 25.8 Å². The van der Waals surface area contributed by atoms with Crippen LogP contribution in [0.15, 0.2) is 97.2 Å². The quantitative estimate of drug-likeness (QED) is 0.293. The highest BCUT2D eigenvalue weighted by molar-refractivity contribution is 5.94. The monoisotopic (exact) mass is 478 g/mol. The average molecular weight is 479 g/mol. The standard InChI is InChI=1S/C28H25F3N2O2/c1-35-26-14-6-11-23(17-26)27(34)33(18-21-8-3-2-4-9-21)20-25-13-7-15-32(25)19-22-10-5-12-24(16-22)28(29,30)31/h2-17H,18-20H2,1H3. The molecule has 0 saturated carbocycles. The molecule has 0 unspecified atom stereocenters. The molecule has 0 saturated heterocycles. The molecule has 1 aromatic heterocycles. The lowest BCUT2D eigenvalue weighted by Crippen LogP contribution is -2.31. The fourth-order valence-corrected chi connectivity index (χ4v) is 3.93. The third kappa shape index (κ3) is 6.12. The minimum atomic E-state index is -4.40. The van der Waals surface area contributed by atoms with Crippen molar-refractivity contribution in [2.45, 2.75) is 25.8 Å². The molecule has 0 bridgehead atoms. The molecule has 0 radical (unpaired) electrons. The van der Waals surface area contributed by atoms with Crippen LogP contribution in [0.5, 0.6) is 5.75 Å². The lowest BCUT2D eigenvalue weighted by molar-refractivity contribution is -0.137. The maximum absolute atomic E-state index is 13.5. The summed E-state index contributed by atoms with van der Waals surface area (Å²) >= 11 is 0. The number of benzene rings is 3. The van der Waals surface area contributed by atoms with Gasteiger partial charge in [0.1, 0.15) is 5.75 Å². The second-order valence-corrected chi connectivity index (χ2v) is 8.20. The van der Waals surface area contributed by atoms with Crippen molar-refractivity contribution in [3.63, 3.8) is 0 Å². The fraction of sp³-hybridized carbons (Fsp3) is 0.179. The molecule has 35 heavy (non-hydrogen) atoms. The number of halogens is 3. The van der Waals surface area contributed by atoms with Crippen molar-refractivity contribution in [3.8, 4) is 5.75 Å². The topological polar surface area (TPSA) is 34.5 Å². The van der Waals surface area contributed by atoms with Gasteiger partial charge in [0.05, 0.1) is 19.2 Å². The number of hydrogen-bond donors (Lipinski definition) is 0. The molecule has 0 aliphatic heterocycles. The van der Waals surface area contributed by atoms with Crippen molar-refractivity contribution >= 4 is 5.91 Å². The van der Waals surface area contributed by atoms with Crippen molar-refractivity contribution < 1.29 is 22.7 Å². The van der Waals surface area contributed by atoms with Crippen LogP contribution in [0.25, 0.3) is 0 Å². The van der Waals surface area contributed by atoms with Gasteiger partial charge in [-0.3, -0.25) is 4.79 Å². The predicted molar refractivity (Wildman–Crippen MR) is 128 cm³/mol. The van der Waals surface area contributed by atoms with Gasteiger partial charge in [-0.05, 0) is 53.6 Å². The molecule has 1 amide bonds. The molecule has 0 atom stereocenters. The molecule has 0 spiro atoms. The average Bonchev–Trinajstić information content (AvgIpc) is 3.29. The normalized spacial score (nSPS) is 11.3. The Kier molecular flexibility index (Phi) is 7.25. The van der Waals surface area contributed by atoms with E-state index in [9.17, 15) is 18.0 Å². The molecule has 7 heteroatoms. The molecule has 0 aliphatic carbocycles. The Morgan fingerprint density at radius 1 is 0.857 bits per heavy atom. The van der Waals surface area contributed by atoms with Crippen LogP contribution >= 0.6 is 0 Å². The first-order valence-electron chi connectivity index (χ1n) is 11.1. The first kappa shape index (κ1) is 24.1. The molecule has 0 aliphatic rings. The van der Waals surface area contributed by atoms with Crippen LogP contribution in [0.1, 0.15) is 32.7 Å². The van der Waals surface area contributed by atoms with Gasteiger partial charge in [0.2, 0.25) is 0 Å². The number of nitrogens with zero attached hydrogens (tertiary/aromatic N) is 2. The van der Waals surface area contributed by atoms with Crippen LogP contribution < -0.4 is 4.74 Å². The number of aromatic nitrogens is 1. The number of ether oxygens (including phenoxy) is 1. The van der Waals surface area contributed by atoms with Crippen LogP contribution in [-0.4, -0.2) is 22.5 Å².